The number of nitro groups is 1. The van der Waals surface area contributed by atoms with E-state index >= 15 is 0 Å². The second-order valence-electron chi connectivity index (χ2n) is 9.99. The van der Waals surface area contributed by atoms with Crippen LogP contribution in [0.1, 0.15) is 17.5 Å². The Morgan fingerprint density at radius 3 is 2.42 bits per heavy atom. The maximum absolute atomic E-state index is 13.3. The third kappa shape index (κ3) is 3.89. The molecule has 2 aliphatic rings. The van der Waals surface area contributed by atoms with Gasteiger partial charge in [0.05, 0.1) is 39.7 Å². The van der Waals surface area contributed by atoms with E-state index < -0.39 is 16.7 Å². The van der Waals surface area contributed by atoms with E-state index in [4.69, 9.17) is 4.74 Å². The topological polar surface area (TPSA) is 112 Å². The zero-order valence-corrected chi connectivity index (χ0v) is 21.1. The fourth-order valence-electron chi connectivity index (χ4n) is 5.70. The molecule has 0 aliphatic carbocycles. The number of carbonyl (C=O) groups excluding carboxylic acids is 2. The Morgan fingerprint density at radius 2 is 1.66 bits per heavy atom. The number of imide groups is 1. The van der Waals surface area contributed by atoms with Crippen molar-refractivity contribution in [2.45, 2.75) is 25.6 Å². The number of non-ortho nitro benzene ring substituents is 1. The summed E-state index contributed by atoms with van der Waals surface area (Å²) >= 11 is 0. The third-order valence-corrected chi connectivity index (χ3v) is 7.29. The fraction of sp³-hybridized carbons (Fsp3) is 0.286. The molecule has 0 saturated carbocycles. The predicted molar refractivity (Wildman–Crippen MR) is 143 cm³/mol. The van der Waals surface area contributed by atoms with E-state index in [0.29, 0.717) is 48.1 Å². The second-order valence-corrected chi connectivity index (χ2v) is 9.99. The van der Waals surface area contributed by atoms with Crippen LogP contribution < -0.4 is 5.32 Å². The second kappa shape index (κ2) is 9.23. The molecule has 10 nitrogen and oxygen atoms in total. The molecule has 0 spiro atoms. The van der Waals surface area contributed by atoms with E-state index in [9.17, 15) is 19.7 Å². The molecule has 10 heteroatoms. The first-order chi connectivity index (χ1) is 18.3. The van der Waals surface area contributed by atoms with Gasteiger partial charge in [-0.3, -0.25) is 25.0 Å². The van der Waals surface area contributed by atoms with Crippen LogP contribution in [0.5, 0.6) is 0 Å². The van der Waals surface area contributed by atoms with Gasteiger partial charge in [-0.1, -0.05) is 24.3 Å². The molecule has 0 fully saturated rings. The summed E-state index contributed by atoms with van der Waals surface area (Å²) in [6.07, 6.45) is 4.24. The van der Waals surface area contributed by atoms with Crippen LogP contribution in [-0.4, -0.2) is 64.1 Å². The van der Waals surface area contributed by atoms with E-state index in [0.717, 1.165) is 17.4 Å². The van der Waals surface area contributed by atoms with Crippen molar-refractivity contribution in [1.29, 1.82) is 0 Å². The van der Waals surface area contributed by atoms with Crippen LogP contribution in [0, 0.1) is 10.1 Å². The highest BCUT2D eigenvalue weighted by atomic mass is 16.6. The molecule has 1 N–H and O–H groups in total. The van der Waals surface area contributed by atoms with Gasteiger partial charge in [0.1, 0.15) is 0 Å². The average molecular weight is 514 g/mol. The maximum Gasteiger partial charge on any atom is 0.279 e. The van der Waals surface area contributed by atoms with Crippen molar-refractivity contribution in [3.8, 4) is 0 Å². The van der Waals surface area contributed by atoms with Crippen LogP contribution in [-0.2, 0) is 27.4 Å². The van der Waals surface area contributed by atoms with E-state index in [1.165, 1.54) is 6.07 Å². The molecule has 4 bridgehead atoms. The first kappa shape index (κ1) is 24.1. The SMILES string of the molecule is CN(C)CC1CCn2cc(c3c([N+](=O)[O-])cccc32)C2=C(C(=O)NC2=O)c2cn(c3ccccc23)CCO1. The zero-order valence-electron chi connectivity index (χ0n) is 21.1. The number of rotatable bonds is 3. The molecular formula is C28H27N5O5. The van der Waals surface area contributed by atoms with E-state index in [2.05, 4.69) is 10.2 Å². The number of ether oxygens (including phenoxy) is 1. The van der Waals surface area contributed by atoms with Gasteiger partial charge in [0.2, 0.25) is 0 Å². The zero-order chi connectivity index (χ0) is 26.6. The number of amides is 2. The highest BCUT2D eigenvalue weighted by molar-refractivity contribution is 6.51. The number of benzene rings is 2. The molecule has 2 aromatic heterocycles. The molecule has 2 aromatic carbocycles. The fourth-order valence-corrected chi connectivity index (χ4v) is 5.70. The number of hydrogen-bond acceptors (Lipinski definition) is 6. The summed E-state index contributed by atoms with van der Waals surface area (Å²) in [4.78, 5) is 40.3. The van der Waals surface area contributed by atoms with Gasteiger partial charge in [-0.15, -0.1) is 0 Å². The van der Waals surface area contributed by atoms with Crippen LogP contribution in [0.4, 0.5) is 5.69 Å². The largest absolute Gasteiger partial charge is 0.375 e. The Kier molecular flexibility index (Phi) is 5.85. The van der Waals surface area contributed by atoms with Gasteiger partial charge in [0.25, 0.3) is 17.5 Å². The highest BCUT2D eigenvalue weighted by Gasteiger charge is 2.37. The van der Waals surface area contributed by atoms with Gasteiger partial charge < -0.3 is 18.8 Å². The number of para-hydroxylation sites is 1. The van der Waals surface area contributed by atoms with Crippen LogP contribution in [0.25, 0.3) is 33.0 Å². The Labute approximate surface area is 218 Å². The normalized spacial score (nSPS) is 18.2. The van der Waals surface area contributed by atoms with Crippen LogP contribution in [0.2, 0.25) is 0 Å². The Bertz CT molecular complexity index is 1660. The summed E-state index contributed by atoms with van der Waals surface area (Å²) < 4.78 is 10.3. The lowest BCUT2D eigenvalue weighted by atomic mass is 9.95. The molecule has 2 aliphatic heterocycles. The van der Waals surface area contributed by atoms with E-state index in [-0.39, 0.29) is 22.9 Å². The number of aryl methyl sites for hydroxylation is 1. The molecule has 38 heavy (non-hydrogen) atoms. The van der Waals surface area contributed by atoms with Gasteiger partial charge >= 0.3 is 0 Å². The van der Waals surface area contributed by atoms with E-state index in [1.807, 2.05) is 59.8 Å². The minimum Gasteiger partial charge on any atom is -0.375 e. The Balaban J connectivity index is 1.67. The first-order valence-electron chi connectivity index (χ1n) is 12.5. The minimum absolute atomic E-state index is 0.0695. The standard InChI is InChI=1S/C28H27N5O5/c1-30(2)14-17-10-11-31-16-20(24-22(31)8-5-9-23(24)33(36)37)26-25(27(34)29-28(26)35)19-15-32(12-13-38-17)21-7-4-3-6-18(19)21/h3-9,15-17H,10-14H2,1-2H3,(H,29,34,35). The van der Waals surface area contributed by atoms with Crippen LogP contribution >= 0.6 is 0 Å². The summed E-state index contributed by atoms with van der Waals surface area (Å²) in [5.74, 6) is -1.07. The number of likely N-dealkylation sites (N-methyl/N-ethyl adjacent to an activating group) is 1. The minimum atomic E-state index is -0.556. The Hall–Kier alpha value is -4.28. The van der Waals surface area contributed by atoms with Gasteiger partial charge in [-0.05, 0) is 32.6 Å². The third-order valence-electron chi connectivity index (χ3n) is 7.29. The predicted octanol–water partition coefficient (Wildman–Crippen LogP) is 3.42. The van der Waals surface area contributed by atoms with Crippen molar-refractivity contribution in [2.24, 2.45) is 0 Å². The van der Waals surface area contributed by atoms with Gasteiger partial charge in [-0.25, -0.2) is 0 Å². The van der Waals surface area contributed by atoms with Crippen molar-refractivity contribution in [1.82, 2.24) is 19.4 Å². The summed E-state index contributed by atoms with van der Waals surface area (Å²) in [6.45, 7) is 2.29. The van der Waals surface area contributed by atoms with Gasteiger partial charge in [0, 0.05) is 60.1 Å². The highest BCUT2D eigenvalue weighted by Crippen LogP contribution is 2.41. The monoisotopic (exact) mass is 513 g/mol. The molecule has 4 heterocycles. The average Bonchev–Trinajstić information content (AvgIpc) is 3.52. The summed E-state index contributed by atoms with van der Waals surface area (Å²) in [7, 11) is 3.99. The molecule has 1 unspecified atom stereocenters. The molecule has 1 atom stereocenters. The van der Waals surface area contributed by atoms with Crippen molar-refractivity contribution in [3.63, 3.8) is 0 Å². The molecule has 6 rings (SSSR count). The number of hydrogen-bond donors (Lipinski definition) is 1. The lowest BCUT2D eigenvalue weighted by Gasteiger charge is -2.22. The van der Waals surface area contributed by atoms with E-state index in [1.54, 1.807) is 12.3 Å². The maximum atomic E-state index is 13.3. The summed E-state index contributed by atoms with van der Waals surface area (Å²) in [6, 6.07) is 12.6. The Morgan fingerprint density at radius 1 is 0.974 bits per heavy atom. The number of nitrogens with one attached hydrogen (secondary N) is 1. The molecule has 194 valence electrons. The quantitative estimate of drug-likeness (QED) is 0.255. The van der Waals surface area contributed by atoms with Crippen molar-refractivity contribution in [2.75, 3.05) is 27.2 Å². The molecule has 2 amide bonds. The summed E-state index contributed by atoms with van der Waals surface area (Å²) in [5, 5.41) is 15.7. The molecule has 4 aromatic rings. The summed E-state index contributed by atoms with van der Waals surface area (Å²) in [5.41, 5.74) is 2.82. The number of nitrogens with zero attached hydrogens (tertiary/aromatic N) is 4. The number of aromatic nitrogens is 2. The van der Waals surface area contributed by atoms with Gasteiger partial charge in [0.15, 0.2) is 0 Å². The number of fused-ring (bicyclic) bond motifs is 12. The smallest absolute Gasteiger partial charge is 0.279 e. The van der Waals surface area contributed by atoms with Crippen molar-refractivity contribution >= 4 is 50.5 Å². The van der Waals surface area contributed by atoms with Crippen molar-refractivity contribution in [3.05, 3.63) is 76.1 Å². The number of nitro benzene ring substituents is 1. The van der Waals surface area contributed by atoms with Gasteiger partial charge in [-0.2, -0.15) is 0 Å². The lowest BCUT2D eigenvalue weighted by Crippen LogP contribution is -2.30. The molecule has 0 radical (unpaired) electrons. The number of carbonyl (C=O) groups is 2. The lowest BCUT2D eigenvalue weighted by molar-refractivity contribution is -0.383. The molecular weight excluding hydrogens is 486 g/mol. The van der Waals surface area contributed by atoms with Crippen LogP contribution in [0.15, 0.2) is 54.9 Å². The first-order valence-corrected chi connectivity index (χ1v) is 12.5. The van der Waals surface area contributed by atoms with Crippen LogP contribution in [0.3, 0.4) is 0 Å². The van der Waals surface area contributed by atoms with Crippen molar-refractivity contribution < 1.29 is 19.2 Å². The molecule has 0 saturated heterocycles.